The van der Waals surface area contributed by atoms with Crippen LogP contribution in [0.25, 0.3) is 0 Å². The summed E-state index contributed by atoms with van der Waals surface area (Å²) >= 11 is 0. The van der Waals surface area contributed by atoms with E-state index in [1.165, 1.54) is 32.1 Å². The van der Waals surface area contributed by atoms with Crippen LogP contribution in [0.15, 0.2) is 18.2 Å². The number of hydrogen-bond donors (Lipinski definition) is 3. The number of benzene rings is 1. The fourth-order valence-electron chi connectivity index (χ4n) is 3.61. The molecule has 0 heterocycles. The van der Waals surface area contributed by atoms with Crippen molar-refractivity contribution < 1.29 is 4.79 Å². The second-order valence-electron chi connectivity index (χ2n) is 6.82. The van der Waals surface area contributed by atoms with Crippen LogP contribution in [-0.4, -0.2) is 12.5 Å². The van der Waals surface area contributed by atoms with E-state index in [9.17, 15) is 4.79 Å². The lowest BCUT2D eigenvalue weighted by Crippen LogP contribution is -2.28. The minimum absolute atomic E-state index is 0.391. The van der Waals surface area contributed by atoms with Gasteiger partial charge in [-0.05, 0) is 48.8 Å². The molecule has 1 saturated carbocycles. The monoisotopic (exact) mass is 289 g/mol. The SMILES string of the molecule is CC(C)CC1(CNc2ccc(N)c(C(N)=O)c2)CCCC1. The van der Waals surface area contributed by atoms with Gasteiger partial charge in [0.15, 0.2) is 0 Å². The second kappa shape index (κ2) is 6.37. The van der Waals surface area contributed by atoms with Crippen molar-refractivity contribution >= 4 is 17.3 Å². The smallest absolute Gasteiger partial charge is 0.250 e. The molecular weight excluding hydrogens is 262 g/mol. The van der Waals surface area contributed by atoms with Crippen molar-refractivity contribution in [1.29, 1.82) is 0 Å². The third-order valence-electron chi connectivity index (χ3n) is 4.49. The van der Waals surface area contributed by atoms with E-state index in [4.69, 9.17) is 11.5 Å². The molecule has 1 aliphatic carbocycles. The van der Waals surface area contributed by atoms with Crippen molar-refractivity contribution in [3.05, 3.63) is 23.8 Å². The van der Waals surface area contributed by atoms with E-state index in [0.717, 1.165) is 12.2 Å². The Morgan fingerprint density at radius 2 is 2.00 bits per heavy atom. The number of anilines is 2. The molecule has 1 aliphatic rings. The molecule has 2 rings (SSSR count). The van der Waals surface area contributed by atoms with Gasteiger partial charge >= 0.3 is 0 Å². The van der Waals surface area contributed by atoms with Gasteiger partial charge in [-0.3, -0.25) is 4.79 Å². The van der Waals surface area contributed by atoms with Crippen LogP contribution in [0.5, 0.6) is 0 Å². The molecule has 0 spiro atoms. The van der Waals surface area contributed by atoms with Crippen molar-refractivity contribution in [1.82, 2.24) is 0 Å². The normalized spacial score (nSPS) is 17.1. The molecule has 0 bridgehead atoms. The van der Waals surface area contributed by atoms with Gasteiger partial charge < -0.3 is 16.8 Å². The molecule has 0 unspecified atom stereocenters. The molecular formula is C17H27N3O. The Morgan fingerprint density at radius 3 is 2.57 bits per heavy atom. The first-order chi connectivity index (χ1) is 9.92. The third-order valence-corrected chi connectivity index (χ3v) is 4.49. The van der Waals surface area contributed by atoms with Gasteiger partial charge in [0.05, 0.1) is 5.56 Å². The third kappa shape index (κ3) is 3.90. The maximum absolute atomic E-state index is 11.4. The average molecular weight is 289 g/mol. The summed E-state index contributed by atoms with van der Waals surface area (Å²) in [6.07, 6.45) is 6.47. The molecule has 4 heteroatoms. The summed E-state index contributed by atoms with van der Waals surface area (Å²) < 4.78 is 0. The van der Waals surface area contributed by atoms with Gasteiger partial charge in [0.25, 0.3) is 5.91 Å². The Labute approximate surface area is 127 Å². The molecule has 0 atom stereocenters. The minimum Gasteiger partial charge on any atom is -0.398 e. The van der Waals surface area contributed by atoms with Crippen LogP contribution in [0.1, 0.15) is 56.3 Å². The predicted molar refractivity (Wildman–Crippen MR) is 88.2 cm³/mol. The molecule has 1 aromatic carbocycles. The van der Waals surface area contributed by atoms with E-state index in [2.05, 4.69) is 19.2 Å². The standard InChI is InChI=1S/C17H27N3O/c1-12(2)10-17(7-3-4-8-17)11-20-13-5-6-15(18)14(9-13)16(19)21/h5-6,9,12,20H,3-4,7-8,10-11,18H2,1-2H3,(H2,19,21). The Kier molecular flexibility index (Phi) is 4.76. The Bertz CT molecular complexity index is 505. The van der Waals surface area contributed by atoms with E-state index >= 15 is 0 Å². The summed E-state index contributed by atoms with van der Waals surface area (Å²) in [5.41, 5.74) is 13.3. The summed E-state index contributed by atoms with van der Waals surface area (Å²) in [5, 5.41) is 3.49. The van der Waals surface area contributed by atoms with E-state index in [0.29, 0.717) is 22.6 Å². The summed E-state index contributed by atoms with van der Waals surface area (Å²) in [4.78, 5) is 11.4. The molecule has 1 aromatic rings. The van der Waals surface area contributed by atoms with Crippen molar-refractivity contribution in [3.8, 4) is 0 Å². The van der Waals surface area contributed by atoms with Crippen LogP contribution in [0.4, 0.5) is 11.4 Å². The first-order valence-corrected chi connectivity index (χ1v) is 7.85. The molecule has 5 N–H and O–H groups in total. The molecule has 4 nitrogen and oxygen atoms in total. The van der Waals surface area contributed by atoms with E-state index in [-0.39, 0.29) is 0 Å². The second-order valence-corrected chi connectivity index (χ2v) is 6.82. The van der Waals surface area contributed by atoms with Gasteiger partial charge in [-0.15, -0.1) is 0 Å². The quantitative estimate of drug-likeness (QED) is 0.702. The highest BCUT2D eigenvalue weighted by molar-refractivity contribution is 5.98. The number of rotatable bonds is 6. The fraction of sp³-hybridized carbons (Fsp3) is 0.588. The van der Waals surface area contributed by atoms with Gasteiger partial charge in [0.1, 0.15) is 0 Å². The highest BCUT2D eigenvalue weighted by atomic mass is 16.1. The lowest BCUT2D eigenvalue weighted by molar-refractivity contribution is 0.100. The van der Waals surface area contributed by atoms with Crippen molar-refractivity contribution in [3.63, 3.8) is 0 Å². The minimum atomic E-state index is -0.478. The average Bonchev–Trinajstić information content (AvgIpc) is 2.85. The fourth-order valence-corrected chi connectivity index (χ4v) is 3.61. The van der Waals surface area contributed by atoms with Crippen LogP contribution in [0, 0.1) is 11.3 Å². The molecule has 0 aromatic heterocycles. The first kappa shape index (κ1) is 15.7. The zero-order valence-corrected chi connectivity index (χ0v) is 13.1. The van der Waals surface area contributed by atoms with E-state index in [1.54, 1.807) is 12.1 Å². The van der Waals surface area contributed by atoms with Crippen LogP contribution >= 0.6 is 0 Å². The van der Waals surface area contributed by atoms with Crippen LogP contribution in [0.2, 0.25) is 0 Å². The molecule has 1 fully saturated rings. The van der Waals surface area contributed by atoms with Crippen molar-refractivity contribution in [2.45, 2.75) is 46.0 Å². The summed E-state index contributed by atoms with van der Waals surface area (Å²) in [6, 6.07) is 5.42. The highest BCUT2D eigenvalue weighted by Crippen LogP contribution is 2.43. The Balaban J connectivity index is 2.07. The summed E-state index contributed by atoms with van der Waals surface area (Å²) in [7, 11) is 0. The molecule has 1 amide bonds. The predicted octanol–water partition coefficient (Wildman–Crippen LogP) is 3.39. The molecule has 0 saturated heterocycles. The van der Waals surface area contributed by atoms with Crippen LogP contribution in [-0.2, 0) is 0 Å². The van der Waals surface area contributed by atoms with Crippen molar-refractivity contribution in [2.75, 3.05) is 17.6 Å². The summed E-state index contributed by atoms with van der Waals surface area (Å²) in [5.74, 6) is 0.228. The Hall–Kier alpha value is -1.71. The van der Waals surface area contributed by atoms with Gasteiger partial charge in [0, 0.05) is 17.9 Å². The Morgan fingerprint density at radius 1 is 1.33 bits per heavy atom. The lowest BCUT2D eigenvalue weighted by Gasteiger charge is -2.31. The number of nitrogen functional groups attached to an aromatic ring is 1. The number of amides is 1. The zero-order valence-electron chi connectivity index (χ0n) is 13.1. The van der Waals surface area contributed by atoms with Gasteiger partial charge in [-0.25, -0.2) is 0 Å². The highest BCUT2D eigenvalue weighted by Gasteiger charge is 2.34. The number of carbonyl (C=O) groups excluding carboxylic acids is 1. The topological polar surface area (TPSA) is 81.1 Å². The molecule has 116 valence electrons. The van der Waals surface area contributed by atoms with Gasteiger partial charge in [-0.1, -0.05) is 26.7 Å². The lowest BCUT2D eigenvalue weighted by atomic mass is 9.78. The molecule has 0 radical (unpaired) electrons. The number of nitrogens with two attached hydrogens (primary N) is 2. The number of carbonyl (C=O) groups is 1. The zero-order chi connectivity index (χ0) is 15.5. The maximum Gasteiger partial charge on any atom is 0.250 e. The van der Waals surface area contributed by atoms with Crippen LogP contribution < -0.4 is 16.8 Å². The number of nitrogens with one attached hydrogen (secondary N) is 1. The molecule has 0 aliphatic heterocycles. The first-order valence-electron chi connectivity index (χ1n) is 7.85. The van der Waals surface area contributed by atoms with Gasteiger partial charge in [0.2, 0.25) is 0 Å². The van der Waals surface area contributed by atoms with Crippen molar-refractivity contribution in [2.24, 2.45) is 17.1 Å². The maximum atomic E-state index is 11.4. The van der Waals surface area contributed by atoms with E-state index in [1.807, 2.05) is 6.07 Å². The number of hydrogen-bond acceptors (Lipinski definition) is 3. The van der Waals surface area contributed by atoms with Crippen LogP contribution in [0.3, 0.4) is 0 Å². The number of primary amides is 1. The molecule has 21 heavy (non-hydrogen) atoms. The van der Waals surface area contributed by atoms with E-state index < -0.39 is 5.91 Å². The largest absolute Gasteiger partial charge is 0.398 e. The summed E-state index contributed by atoms with van der Waals surface area (Å²) in [6.45, 7) is 5.52. The van der Waals surface area contributed by atoms with Gasteiger partial charge in [-0.2, -0.15) is 0 Å².